The minimum Gasteiger partial charge on any atom is -0.463 e. The van der Waals surface area contributed by atoms with Crippen LogP contribution in [0.25, 0.3) is 0 Å². The Morgan fingerprint density at radius 2 is 1.44 bits per heavy atom. The molecule has 188 valence electrons. The first-order valence-corrected chi connectivity index (χ1v) is 12.7. The Hall–Kier alpha value is -3.41. The largest absolute Gasteiger partial charge is 0.463 e. The van der Waals surface area contributed by atoms with Crippen molar-refractivity contribution in [3.63, 3.8) is 0 Å². The van der Waals surface area contributed by atoms with Crippen molar-refractivity contribution in [2.24, 2.45) is 0 Å². The molecule has 1 heterocycles. The van der Waals surface area contributed by atoms with Crippen molar-refractivity contribution >= 4 is 5.97 Å². The van der Waals surface area contributed by atoms with Crippen LogP contribution in [0.3, 0.4) is 0 Å². The van der Waals surface area contributed by atoms with E-state index >= 15 is 0 Å². The molecule has 0 N–H and O–H groups in total. The van der Waals surface area contributed by atoms with Gasteiger partial charge in [-0.2, -0.15) is 0 Å². The number of benzene rings is 3. The van der Waals surface area contributed by atoms with Crippen molar-refractivity contribution in [3.05, 3.63) is 119 Å². The molecule has 1 saturated heterocycles. The van der Waals surface area contributed by atoms with E-state index in [1.165, 1.54) is 5.56 Å². The fraction of sp³-hybridized carbons (Fsp3) is 0.323. The predicted octanol–water partition coefficient (Wildman–Crippen LogP) is 5.90. The zero-order valence-corrected chi connectivity index (χ0v) is 20.9. The van der Waals surface area contributed by atoms with Crippen LogP contribution in [0.5, 0.6) is 0 Å². The van der Waals surface area contributed by atoms with E-state index in [1.807, 2.05) is 61.5 Å². The lowest BCUT2D eigenvalue weighted by Gasteiger charge is -2.44. The summed E-state index contributed by atoms with van der Waals surface area (Å²) in [5.41, 5.74) is 4.41. The Bertz CT molecular complexity index is 1090. The van der Waals surface area contributed by atoms with Gasteiger partial charge < -0.3 is 19.1 Å². The van der Waals surface area contributed by atoms with E-state index in [2.05, 4.69) is 41.3 Å². The van der Waals surface area contributed by atoms with E-state index in [-0.39, 0.29) is 18.1 Å². The third-order valence-electron chi connectivity index (χ3n) is 6.36. The molecule has 0 aromatic heterocycles. The zero-order valence-electron chi connectivity index (χ0n) is 20.9. The van der Waals surface area contributed by atoms with Crippen molar-refractivity contribution in [1.82, 2.24) is 4.90 Å². The maximum atomic E-state index is 12.4. The van der Waals surface area contributed by atoms with Crippen molar-refractivity contribution in [1.29, 1.82) is 0 Å². The van der Waals surface area contributed by atoms with Gasteiger partial charge in [0, 0.05) is 18.3 Å². The number of allylic oxidation sites excluding steroid dienone is 1. The summed E-state index contributed by atoms with van der Waals surface area (Å²) in [7, 11) is 0. The van der Waals surface area contributed by atoms with Gasteiger partial charge in [0.25, 0.3) is 0 Å². The molecule has 0 bridgehead atoms. The number of rotatable bonds is 11. The van der Waals surface area contributed by atoms with E-state index in [0.717, 1.165) is 29.7 Å². The molecule has 0 radical (unpaired) electrons. The Balaban J connectivity index is 1.57. The monoisotopic (exact) mass is 485 g/mol. The average Bonchev–Trinajstić information content (AvgIpc) is 2.91. The predicted molar refractivity (Wildman–Crippen MR) is 141 cm³/mol. The van der Waals surface area contributed by atoms with Crippen LogP contribution in [-0.4, -0.2) is 36.2 Å². The highest BCUT2D eigenvalue weighted by Crippen LogP contribution is 2.31. The molecule has 1 fully saturated rings. The molecule has 3 aromatic carbocycles. The van der Waals surface area contributed by atoms with Crippen molar-refractivity contribution < 1.29 is 19.0 Å². The molecular weight excluding hydrogens is 450 g/mol. The Kier molecular flexibility index (Phi) is 9.71. The molecule has 1 aliphatic rings. The second-order valence-corrected chi connectivity index (χ2v) is 8.94. The summed E-state index contributed by atoms with van der Waals surface area (Å²) >= 11 is 0. The molecule has 1 aliphatic heterocycles. The lowest BCUT2D eigenvalue weighted by atomic mass is 9.95. The molecule has 2 atom stereocenters. The second kappa shape index (κ2) is 13.6. The number of carbonyl (C=O) groups is 1. The van der Waals surface area contributed by atoms with Gasteiger partial charge in [0.15, 0.2) is 0 Å². The molecule has 0 amide bonds. The molecular formula is C31H35NO4. The average molecular weight is 486 g/mol. The lowest BCUT2D eigenvalue weighted by Crippen LogP contribution is -2.50. The van der Waals surface area contributed by atoms with Gasteiger partial charge in [-0.05, 0) is 36.5 Å². The van der Waals surface area contributed by atoms with E-state index in [4.69, 9.17) is 14.2 Å². The van der Waals surface area contributed by atoms with E-state index in [9.17, 15) is 4.79 Å². The van der Waals surface area contributed by atoms with Crippen LogP contribution >= 0.6 is 0 Å². The zero-order chi connectivity index (χ0) is 25.0. The molecule has 0 saturated carbocycles. The highest BCUT2D eigenvalue weighted by atomic mass is 16.5. The number of likely N-dealkylation sites (tertiary alicyclic amines) is 1. The maximum Gasteiger partial charge on any atom is 0.332 e. The van der Waals surface area contributed by atoms with Gasteiger partial charge in [0.05, 0.1) is 38.6 Å². The molecule has 0 aliphatic carbocycles. The van der Waals surface area contributed by atoms with Gasteiger partial charge in [0.1, 0.15) is 0 Å². The Labute approximate surface area is 214 Å². The topological polar surface area (TPSA) is 48.0 Å². The van der Waals surface area contributed by atoms with Crippen LogP contribution in [0, 0.1) is 0 Å². The lowest BCUT2D eigenvalue weighted by molar-refractivity contribution is -0.137. The minimum absolute atomic E-state index is 0.0379. The minimum atomic E-state index is -0.307. The van der Waals surface area contributed by atoms with Crippen LogP contribution in [0.15, 0.2) is 103 Å². The third-order valence-corrected chi connectivity index (χ3v) is 6.36. The van der Waals surface area contributed by atoms with Gasteiger partial charge in [0.2, 0.25) is 0 Å². The Morgan fingerprint density at radius 3 is 2.06 bits per heavy atom. The van der Waals surface area contributed by atoms with Crippen molar-refractivity contribution in [2.45, 2.75) is 51.7 Å². The van der Waals surface area contributed by atoms with E-state index in [1.54, 1.807) is 6.08 Å². The summed E-state index contributed by atoms with van der Waals surface area (Å²) in [5, 5.41) is 0. The number of nitrogens with zero attached hydrogens (tertiary/aromatic N) is 1. The number of ether oxygens (including phenoxy) is 3. The summed E-state index contributed by atoms with van der Waals surface area (Å²) in [4.78, 5) is 14.7. The quantitative estimate of drug-likeness (QED) is 0.250. The fourth-order valence-corrected chi connectivity index (χ4v) is 4.55. The summed E-state index contributed by atoms with van der Waals surface area (Å²) in [6.45, 7) is 4.40. The Morgan fingerprint density at radius 1 is 0.861 bits per heavy atom. The summed E-state index contributed by atoms with van der Waals surface area (Å²) < 4.78 is 18.0. The highest BCUT2D eigenvalue weighted by Gasteiger charge is 2.35. The first-order chi connectivity index (χ1) is 17.7. The molecule has 2 unspecified atom stereocenters. The first kappa shape index (κ1) is 25.7. The molecule has 4 rings (SSSR count). The second-order valence-electron chi connectivity index (χ2n) is 8.94. The van der Waals surface area contributed by atoms with E-state index in [0.29, 0.717) is 33.0 Å². The third kappa shape index (κ3) is 7.54. The summed E-state index contributed by atoms with van der Waals surface area (Å²) in [5.74, 6) is -0.307. The van der Waals surface area contributed by atoms with Crippen molar-refractivity contribution in [3.8, 4) is 0 Å². The summed E-state index contributed by atoms with van der Waals surface area (Å²) in [6.07, 6.45) is 3.15. The number of esters is 1. The molecule has 36 heavy (non-hydrogen) atoms. The van der Waals surface area contributed by atoms with Gasteiger partial charge in [-0.15, -0.1) is 0 Å². The number of hydrogen-bond donors (Lipinski definition) is 0. The number of hydrogen-bond acceptors (Lipinski definition) is 5. The van der Waals surface area contributed by atoms with Gasteiger partial charge >= 0.3 is 5.97 Å². The standard InChI is InChI=1S/C31H35NO4/c1-2-35-31(33)20-28-18-19-30(36-23-27-16-10-5-11-17-27)29(24-34-22-26-14-8-4-9-15-26)32(28)21-25-12-6-3-7-13-25/h3-17,20,29-30H,2,18-19,21-24H2,1H3/b28-20+. The normalized spacial score (nSPS) is 18.8. The number of carbonyl (C=O) groups excluding carboxylic acids is 1. The SMILES string of the molecule is CCOC(=O)/C=C1\CCC(OCc2ccccc2)C(COCc2ccccc2)N1Cc1ccccc1. The molecule has 3 aromatic rings. The van der Waals surface area contributed by atoms with Crippen LogP contribution < -0.4 is 0 Å². The maximum absolute atomic E-state index is 12.4. The molecule has 5 heteroatoms. The van der Waals surface area contributed by atoms with Crippen LogP contribution in [-0.2, 0) is 38.8 Å². The smallest absolute Gasteiger partial charge is 0.332 e. The van der Waals surface area contributed by atoms with E-state index < -0.39 is 0 Å². The first-order valence-electron chi connectivity index (χ1n) is 12.7. The highest BCUT2D eigenvalue weighted by molar-refractivity contribution is 5.82. The molecule has 0 spiro atoms. The van der Waals surface area contributed by atoms with Crippen molar-refractivity contribution in [2.75, 3.05) is 13.2 Å². The fourth-order valence-electron chi connectivity index (χ4n) is 4.55. The van der Waals surface area contributed by atoms with Crippen LogP contribution in [0.2, 0.25) is 0 Å². The number of piperidine rings is 1. The molecule has 5 nitrogen and oxygen atoms in total. The van der Waals surface area contributed by atoms with Gasteiger partial charge in [-0.1, -0.05) is 91.0 Å². The van der Waals surface area contributed by atoms with Crippen LogP contribution in [0.4, 0.5) is 0 Å². The van der Waals surface area contributed by atoms with Gasteiger partial charge in [-0.3, -0.25) is 0 Å². The summed E-state index contributed by atoms with van der Waals surface area (Å²) in [6, 6.07) is 30.7. The van der Waals surface area contributed by atoms with Gasteiger partial charge in [-0.25, -0.2) is 4.79 Å². The van der Waals surface area contributed by atoms with Crippen LogP contribution in [0.1, 0.15) is 36.5 Å².